The van der Waals surface area contributed by atoms with Crippen LogP contribution in [0.15, 0.2) is 66.7 Å². The van der Waals surface area contributed by atoms with Crippen LogP contribution in [-0.2, 0) is 13.1 Å². The highest BCUT2D eigenvalue weighted by Crippen LogP contribution is 2.07. The Morgan fingerprint density at radius 1 is 0.821 bits per heavy atom. The van der Waals surface area contributed by atoms with Gasteiger partial charge in [0.25, 0.3) is 11.8 Å². The van der Waals surface area contributed by atoms with E-state index in [2.05, 4.69) is 15.6 Å². The van der Waals surface area contributed by atoms with E-state index in [1.807, 2.05) is 31.2 Å². The zero-order valence-electron chi connectivity index (χ0n) is 15.4. The highest BCUT2D eigenvalue weighted by molar-refractivity contribution is 5.96. The minimum absolute atomic E-state index is 0.0387. The molecule has 28 heavy (non-hydrogen) atoms. The van der Waals surface area contributed by atoms with Crippen LogP contribution in [-0.4, -0.2) is 16.8 Å². The molecule has 0 spiro atoms. The maximum atomic E-state index is 13.6. The summed E-state index contributed by atoms with van der Waals surface area (Å²) in [5, 5.41) is 5.40. The van der Waals surface area contributed by atoms with E-state index in [4.69, 9.17) is 0 Å². The van der Waals surface area contributed by atoms with Gasteiger partial charge in [-0.2, -0.15) is 0 Å². The monoisotopic (exact) mass is 377 g/mol. The van der Waals surface area contributed by atoms with Crippen LogP contribution in [0, 0.1) is 12.7 Å². The molecule has 0 saturated heterocycles. The van der Waals surface area contributed by atoms with E-state index < -0.39 is 5.91 Å². The van der Waals surface area contributed by atoms with Gasteiger partial charge in [-0.15, -0.1) is 0 Å². The predicted molar refractivity (Wildman–Crippen MR) is 104 cm³/mol. The third-order valence-electron chi connectivity index (χ3n) is 4.19. The lowest BCUT2D eigenvalue weighted by Gasteiger charge is -2.08. The first-order chi connectivity index (χ1) is 13.5. The second-order valence-electron chi connectivity index (χ2n) is 6.35. The molecule has 0 bridgehead atoms. The standard InChI is InChI=1S/C22H20FN3O2/c1-15-9-11-16(12-10-15)13-24-21(27)19-7-4-8-20(26-19)22(28)25-14-17-5-2-3-6-18(17)23/h2-12H,13-14H2,1H3,(H,24,27)(H,25,28). The third kappa shape index (κ3) is 5.01. The Kier molecular flexibility index (Phi) is 6.11. The second-order valence-corrected chi connectivity index (χ2v) is 6.35. The number of pyridine rings is 1. The minimum atomic E-state index is -0.476. The van der Waals surface area contributed by atoms with Crippen LogP contribution in [0.4, 0.5) is 4.39 Å². The van der Waals surface area contributed by atoms with E-state index in [9.17, 15) is 14.0 Å². The van der Waals surface area contributed by atoms with Gasteiger partial charge in [0.1, 0.15) is 17.2 Å². The Morgan fingerprint density at radius 3 is 2.07 bits per heavy atom. The van der Waals surface area contributed by atoms with Crippen molar-refractivity contribution in [2.75, 3.05) is 0 Å². The third-order valence-corrected chi connectivity index (χ3v) is 4.19. The second kappa shape index (κ2) is 8.90. The number of nitrogens with zero attached hydrogens (tertiary/aromatic N) is 1. The van der Waals surface area contributed by atoms with E-state index in [-0.39, 0.29) is 29.7 Å². The van der Waals surface area contributed by atoms with E-state index in [1.54, 1.807) is 24.3 Å². The van der Waals surface area contributed by atoms with E-state index in [0.29, 0.717) is 12.1 Å². The first-order valence-corrected chi connectivity index (χ1v) is 8.85. The Morgan fingerprint density at radius 2 is 1.43 bits per heavy atom. The number of benzene rings is 2. The van der Waals surface area contributed by atoms with E-state index in [0.717, 1.165) is 11.1 Å². The van der Waals surface area contributed by atoms with E-state index >= 15 is 0 Å². The molecule has 3 rings (SSSR count). The number of rotatable bonds is 6. The number of carbonyl (C=O) groups is 2. The molecule has 0 aliphatic heterocycles. The normalized spacial score (nSPS) is 10.4. The number of aromatic nitrogens is 1. The average Bonchev–Trinajstić information content (AvgIpc) is 2.72. The van der Waals surface area contributed by atoms with Crippen LogP contribution in [0.1, 0.15) is 37.7 Å². The fourth-order valence-electron chi connectivity index (χ4n) is 2.57. The molecular formula is C22H20FN3O2. The minimum Gasteiger partial charge on any atom is -0.347 e. The number of hydrogen-bond donors (Lipinski definition) is 2. The molecule has 0 radical (unpaired) electrons. The Bertz CT molecular complexity index is 987. The van der Waals surface area contributed by atoms with Crippen LogP contribution in [0.5, 0.6) is 0 Å². The SMILES string of the molecule is Cc1ccc(CNC(=O)c2cccc(C(=O)NCc3ccccc3F)n2)cc1. The Hall–Kier alpha value is -3.54. The summed E-state index contributed by atoms with van der Waals surface area (Å²) in [4.78, 5) is 28.7. The molecule has 1 heterocycles. The van der Waals surface area contributed by atoms with Crippen LogP contribution in [0.3, 0.4) is 0 Å². The van der Waals surface area contributed by atoms with Crippen molar-refractivity contribution in [2.24, 2.45) is 0 Å². The lowest BCUT2D eigenvalue weighted by molar-refractivity contribution is 0.0941. The van der Waals surface area contributed by atoms with Gasteiger partial charge in [-0.05, 0) is 30.7 Å². The molecule has 0 fully saturated rings. The summed E-state index contributed by atoms with van der Waals surface area (Å²) in [7, 11) is 0. The van der Waals surface area contributed by atoms with Crippen molar-refractivity contribution in [2.45, 2.75) is 20.0 Å². The summed E-state index contributed by atoms with van der Waals surface area (Å²) in [5.41, 5.74) is 2.73. The van der Waals surface area contributed by atoms with E-state index in [1.165, 1.54) is 18.2 Å². The molecule has 2 N–H and O–H groups in total. The Balaban J connectivity index is 1.60. The van der Waals surface area contributed by atoms with Crippen LogP contribution >= 0.6 is 0 Å². The van der Waals surface area contributed by atoms with Gasteiger partial charge in [0.05, 0.1) is 0 Å². The first-order valence-electron chi connectivity index (χ1n) is 8.85. The van der Waals surface area contributed by atoms with Gasteiger partial charge < -0.3 is 10.6 Å². The van der Waals surface area contributed by atoms with Crippen molar-refractivity contribution in [3.05, 3.63) is 101 Å². The summed E-state index contributed by atoms with van der Waals surface area (Å²) in [6.45, 7) is 2.40. The van der Waals surface area contributed by atoms with Crippen molar-refractivity contribution < 1.29 is 14.0 Å². The fraction of sp³-hybridized carbons (Fsp3) is 0.136. The van der Waals surface area contributed by atoms with Gasteiger partial charge in [-0.1, -0.05) is 54.1 Å². The zero-order chi connectivity index (χ0) is 19.9. The van der Waals surface area contributed by atoms with Crippen molar-refractivity contribution >= 4 is 11.8 Å². The molecule has 2 amide bonds. The topological polar surface area (TPSA) is 71.1 Å². The molecule has 2 aromatic carbocycles. The quantitative estimate of drug-likeness (QED) is 0.692. The summed E-state index contributed by atoms with van der Waals surface area (Å²) >= 11 is 0. The summed E-state index contributed by atoms with van der Waals surface area (Å²) in [6.07, 6.45) is 0. The molecule has 3 aromatic rings. The largest absolute Gasteiger partial charge is 0.347 e. The molecule has 0 unspecified atom stereocenters. The zero-order valence-corrected chi connectivity index (χ0v) is 15.4. The molecule has 142 valence electrons. The van der Waals surface area contributed by atoms with Crippen molar-refractivity contribution in [1.29, 1.82) is 0 Å². The van der Waals surface area contributed by atoms with Crippen LogP contribution in [0.25, 0.3) is 0 Å². The number of amides is 2. The van der Waals surface area contributed by atoms with Gasteiger partial charge >= 0.3 is 0 Å². The molecule has 5 nitrogen and oxygen atoms in total. The summed E-state index contributed by atoms with van der Waals surface area (Å²) in [5.74, 6) is -1.24. The molecular weight excluding hydrogens is 357 g/mol. The smallest absolute Gasteiger partial charge is 0.270 e. The number of hydrogen-bond acceptors (Lipinski definition) is 3. The molecule has 6 heteroatoms. The summed E-state index contributed by atoms with van der Waals surface area (Å²) < 4.78 is 13.6. The van der Waals surface area contributed by atoms with Gasteiger partial charge in [0, 0.05) is 18.7 Å². The number of nitrogens with one attached hydrogen (secondary N) is 2. The maximum Gasteiger partial charge on any atom is 0.270 e. The molecule has 0 aliphatic carbocycles. The highest BCUT2D eigenvalue weighted by Gasteiger charge is 2.13. The predicted octanol–water partition coefficient (Wildman–Crippen LogP) is 3.39. The van der Waals surface area contributed by atoms with Crippen molar-refractivity contribution in [1.82, 2.24) is 15.6 Å². The summed E-state index contributed by atoms with van der Waals surface area (Å²) in [6, 6.07) is 18.7. The average molecular weight is 377 g/mol. The first kappa shape index (κ1) is 19.2. The number of aryl methyl sites for hydroxylation is 1. The van der Waals surface area contributed by atoms with Gasteiger partial charge in [0.2, 0.25) is 0 Å². The fourth-order valence-corrected chi connectivity index (χ4v) is 2.57. The lowest BCUT2D eigenvalue weighted by Crippen LogP contribution is -2.27. The van der Waals surface area contributed by atoms with Gasteiger partial charge in [-0.3, -0.25) is 9.59 Å². The number of carbonyl (C=O) groups excluding carboxylic acids is 2. The maximum absolute atomic E-state index is 13.6. The molecule has 0 atom stereocenters. The van der Waals surface area contributed by atoms with Gasteiger partial charge in [-0.25, -0.2) is 9.37 Å². The molecule has 1 aromatic heterocycles. The number of halogens is 1. The Labute approximate surface area is 162 Å². The highest BCUT2D eigenvalue weighted by atomic mass is 19.1. The molecule has 0 saturated carbocycles. The van der Waals surface area contributed by atoms with Crippen molar-refractivity contribution in [3.8, 4) is 0 Å². The van der Waals surface area contributed by atoms with Crippen LogP contribution in [0.2, 0.25) is 0 Å². The molecule has 0 aliphatic rings. The van der Waals surface area contributed by atoms with Gasteiger partial charge in [0.15, 0.2) is 0 Å². The van der Waals surface area contributed by atoms with Crippen LogP contribution < -0.4 is 10.6 Å². The lowest BCUT2D eigenvalue weighted by atomic mass is 10.1. The van der Waals surface area contributed by atoms with Crippen molar-refractivity contribution in [3.63, 3.8) is 0 Å².